The Morgan fingerprint density at radius 2 is 1.76 bits per heavy atom. The molecule has 3 heterocycles. The molecule has 0 radical (unpaired) electrons. The fraction of sp³-hybridized carbons (Fsp3) is 0.440. The van der Waals surface area contributed by atoms with Crippen LogP contribution in [0.3, 0.4) is 0 Å². The van der Waals surface area contributed by atoms with Gasteiger partial charge in [0, 0.05) is 25.8 Å². The van der Waals surface area contributed by atoms with E-state index >= 15 is 0 Å². The number of likely N-dealkylation sites (tertiary alicyclic amines) is 1. The van der Waals surface area contributed by atoms with Crippen LogP contribution in [0, 0.1) is 0 Å². The first-order valence-corrected chi connectivity index (χ1v) is 11.3. The van der Waals surface area contributed by atoms with E-state index in [9.17, 15) is 14.4 Å². The van der Waals surface area contributed by atoms with Crippen LogP contribution in [0.2, 0.25) is 0 Å². The predicted molar refractivity (Wildman–Crippen MR) is 127 cm³/mol. The number of amides is 5. The predicted octanol–water partition coefficient (Wildman–Crippen LogP) is 4.36. The second kappa shape index (κ2) is 8.17. The zero-order chi connectivity index (χ0) is 24.0. The van der Waals surface area contributed by atoms with E-state index in [1.807, 2.05) is 24.3 Å². The molecule has 5 amide bonds. The van der Waals surface area contributed by atoms with Gasteiger partial charge in [-0.25, -0.2) is 19.5 Å². The maximum Gasteiger partial charge on any atom is 0.332 e. The first kappa shape index (κ1) is 22.8. The highest BCUT2D eigenvalue weighted by molar-refractivity contribution is 6.22. The number of benzene rings is 1. The molecule has 2 aromatic rings. The molecule has 0 aliphatic carbocycles. The largest absolute Gasteiger partial charge is 0.332 e. The zero-order valence-electron chi connectivity index (χ0n) is 19.9. The van der Waals surface area contributed by atoms with E-state index in [0.717, 1.165) is 30.6 Å². The number of rotatable bonds is 4. The zero-order valence-corrected chi connectivity index (χ0v) is 19.9. The first-order chi connectivity index (χ1) is 15.5. The second-order valence-corrected chi connectivity index (χ2v) is 10.2. The molecule has 33 heavy (non-hydrogen) atoms. The second-order valence-electron chi connectivity index (χ2n) is 10.2. The standard InChI is InChI=1S/C25H31N5O3/c1-24(2,3)18-7-9-19(10-8-18)30-21(31)25(4,5)29(23(30)33)16-17-11-12-26-20(15-17)27-22(32)28-13-6-14-28/h7-12,15H,6,13-14,16H2,1-5H3,(H,26,27,32). The molecule has 2 saturated heterocycles. The lowest BCUT2D eigenvalue weighted by molar-refractivity contribution is -0.123. The molecule has 8 nitrogen and oxygen atoms in total. The maximum atomic E-state index is 13.4. The molecule has 0 unspecified atom stereocenters. The molecule has 8 heteroatoms. The maximum absolute atomic E-state index is 13.4. The highest BCUT2D eigenvalue weighted by Crippen LogP contribution is 2.34. The molecule has 0 saturated carbocycles. The quantitative estimate of drug-likeness (QED) is 0.703. The molecule has 2 aliphatic heterocycles. The summed E-state index contributed by atoms with van der Waals surface area (Å²) in [5, 5.41) is 2.80. The van der Waals surface area contributed by atoms with Crippen molar-refractivity contribution in [3.8, 4) is 0 Å². The van der Waals surface area contributed by atoms with E-state index in [1.165, 1.54) is 4.90 Å². The molecule has 4 rings (SSSR count). The Hall–Kier alpha value is -3.42. The molecule has 174 valence electrons. The third kappa shape index (κ3) is 4.29. The Labute approximate surface area is 194 Å². The van der Waals surface area contributed by atoms with Crippen molar-refractivity contribution in [2.45, 2.75) is 58.5 Å². The van der Waals surface area contributed by atoms with Gasteiger partial charge in [-0.3, -0.25) is 10.1 Å². The van der Waals surface area contributed by atoms with Crippen molar-refractivity contribution in [2.75, 3.05) is 23.3 Å². The van der Waals surface area contributed by atoms with Crippen LogP contribution >= 0.6 is 0 Å². The van der Waals surface area contributed by atoms with Crippen molar-refractivity contribution >= 4 is 29.5 Å². The fourth-order valence-corrected chi connectivity index (χ4v) is 3.97. The Kier molecular flexibility index (Phi) is 5.64. The van der Waals surface area contributed by atoms with Gasteiger partial charge in [0.15, 0.2) is 0 Å². The van der Waals surface area contributed by atoms with Crippen molar-refractivity contribution < 1.29 is 14.4 Å². The van der Waals surface area contributed by atoms with E-state index in [0.29, 0.717) is 11.5 Å². The van der Waals surface area contributed by atoms with E-state index in [4.69, 9.17) is 0 Å². The summed E-state index contributed by atoms with van der Waals surface area (Å²) in [6.07, 6.45) is 2.61. The molecule has 0 atom stereocenters. The van der Waals surface area contributed by atoms with E-state index in [2.05, 4.69) is 31.1 Å². The number of aromatic nitrogens is 1. The topological polar surface area (TPSA) is 85.8 Å². The van der Waals surface area contributed by atoms with Crippen LogP contribution in [0.4, 0.5) is 21.1 Å². The van der Waals surface area contributed by atoms with Crippen LogP contribution in [-0.2, 0) is 16.8 Å². The van der Waals surface area contributed by atoms with Gasteiger partial charge in [0.05, 0.1) is 5.69 Å². The number of nitrogens with zero attached hydrogens (tertiary/aromatic N) is 4. The van der Waals surface area contributed by atoms with Gasteiger partial charge in [0.2, 0.25) is 0 Å². The first-order valence-electron chi connectivity index (χ1n) is 11.3. The smallest absolute Gasteiger partial charge is 0.324 e. The number of urea groups is 2. The van der Waals surface area contributed by atoms with E-state index < -0.39 is 5.54 Å². The van der Waals surface area contributed by atoms with Crippen LogP contribution in [0.25, 0.3) is 0 Å². The molecular weight excluding hydrogens is 418 g/mol. The number of anilines is 2. The average Bonchev–Trinajstić information content (AvgIpc) is 2.86. The van der Waals surface area contributed by atoms with Gasteiger partial charge in [0.1, 0.15) is 11.4 Å². The van der Waals surface area contributed by atoms with E-state index in [1.54, 1.807) is 42.0 Å². The summed E-state index contributed by atoms with van der Waals surface area (Å²) < 4.78 is 0. The molecule has 1 aromatic carbocycles. The van der Waals surface area contributed by atoms with Gasteiger partial charge in [-0.05, 0) is 61.1 Å². The highest BCUT2D eigenvalue weighted by Gasteiger charge is 2.51. The normalized spacial score (nSPS) is 17.9. The third-order valence-electron chi connectivity index (χ3n) is 6.36. The summed E-state index contributed by atoms with van der Waals surface area (Å²) in [4.78, 5) is 47.5. The highest BCUT2D eigenvalue weighted by atomic mass is 16.2. The molecule has 1 N–H and O–H groups in total. The van der Waals surface area contributed by atoms with Crippen LogP contribution in [0.15, 0.2) is 42.6 Å². The van der Waals surface area contributed by atoms with Crippen molar-refractivity contribution in [1.82, 2.24) is 14.8 Å². The molecule has 2 fully saturated rings. The van der Waals surface area contributed by atoms with Crippen LogP contribution in [0.5, 0.6) is 0 Å². The summed E-state index contributed by atoms with van der Waals surface area (Å²) in [6, 6.07) is 10.6. The Morgan fingerprint density at radius 1 is 1.09 bits per heavy atom. The van der Waals surface area contributed by atoms with Crippen molar-refractivity contribution in [3.05, 3.63) is 53.7 Å². The van der Waals surface area contributed by atoms with Crippen LogP contribution < -0.4 is 10.2 Å². The number of imide groups is 1. The number of pyridine rings is 1. The van der Waals surface area contributed by atoms with Crippen LogP contribution in [0.1, 0.15) is 52.2 Å². The number of hydrogen-bond donors (Lipinski definition) is 1. The number of carbonyl (C=O) groups excluding carboxylic acids is 3. The summed E-state index contributed by atoms with van der Waals surface area (Å²) >= 11 is 0. The molecule has 0 bridgehead atoms. The summed E-state index contributed by atoms with van der Waals surface area (Å²) in [7, 11) is 0. The minimum atomic E-state index is -1.01. The molecular formula is C25H31N5O3. The summed E-state index contributed by atoms with van der Waals surface area (Å²) in [5.74, 6) is 0.158. The summed E-state index contributed by atoms with van der Waals surface area (Å²) in [5.41, 5.74) is 1.44. The van der Waals surface area contributed by atoms with Crippen molar-refractivity contribution in [2.24, 2.45) is 0 Å². The van der Waals surface area contributed by atoms with Gasteiger partial charge in [-0.1, -0.05) is 32.9 Å². The number of hydrogen-bond acceptors (Lipinski definition) is 4. The van der Waals surface area contributed by atoms with Gasteiger partial charge in [-0.15, -0.1) is 0 Å². The minimum Gasteiger partial charge on any atom is -0.324 e. The lowest BCUT2D eigenvalue weighted by atomic mass is 9.87. The Balaban J connectivity index is 1.53. The average molecular weight is 450 g/mol. The number of carbonyl (C=O) groups is 3. The summed E-state index contributed by atoms with van der Waals surface area (Å²) in [6.45, 7) is 11.6. The van der Waals surface area contributed by atoms with Crippen LogP contribution in [-0.4, -0.2) is 51.4 Å². The molecule has 0 spiro atoms. The Morgan fingerprint density at radius 3 is 2.33 bits per heavy atom. The van der Waals surface area contributed by atoms with Crippen molar-refractivity contribution in [1.29, 1.82) is 0 Å². The monoisotopic (exact) mass is 449 g/mol. The fourth-order valence-electron chi connectivity index (χ4n) is 3.97. The lowest BCUT2D eigenvalue weighted by Gasteiger charge is -2.30. The third-order valence-corrected chi connectivity index (χ3v) is 6.36. The Bertz CT molecular complexity index is 1080. The van der Waals surface area contributed by atoms with Crippen molar-refractivity contribution in [3.63, 3.8) is 0 Å². The van der Waals surface area contributed by atoms with Gasteiger partial charge < -0.3 is 9.80 Å². The van der Waals surface area contributed by atoms with Gasteiger partial charge in [0.25, 0.3) is 5.91 Å². The molecule has 1 aromatic heterocycles. The lowest BCUT2D eigenvalue weighted by Crippen LogP contribution is -2.44. The van der Waals surface area contributed by atoms with Gasteiger partial charge in [-0.2, -0.15) is 0 Å². The van der Waals surface area contributed by atoms with E-state index in [-0.39, 0.29) is 29.9 Å². The number of nitrogens with one attached hydrogen (secondary N) is 1. The SMILES string of the molecule is CC(C)(C)c1ccc(N2C(=O)N(Cc3ccnc(NC(=O)N4CCC4)c3)C(C)(C)C2=O)cc1. The molecule has 2 aliphatic rings. The minimum absolute atomic E-state index is 0.0209. The van der Waals surface area contributed by atoms with Gasteiger partial charge >= 0.3 is 12.1 Å².